The van der Waals surface area contributed by atoms with E-state index in [0.29, 0.717) is 0 Å². The van der Waals surface area contributed by atoms with Gasteiger partial charge in [0, 0.05) is 5.56 Å². The highest BCUT2D eigenvalue weighted by Crippen LogP contribution is 2.26. The topological polar surface area (TPSA) is 86.0 Å². The summed E-state index contributed by atoms with van der Waals surface area (Å²) in [6, 6.07) is 11.8. The van der Waals surface area contributed by atoms with E-state index >= 15 is 0 Å². The number of methoxy groups -OCH3 is 1. The minimum absolute atomic E-state index is 0. The van der Waals surface area contributed by atoms with E-state index in [1.807, 2.05) is 36.4 Å². The molecule has 5 nitrogen and oxygen atoms in total. The third kappa shape index (κ3) is 3.35. The SMILES string of the molecule is COc1ccc2ccccc2c1/C=N/N=C(N)N.Cl. The Labute approximate surface area is 117 Å². The van der Waals surface area contributed by atoms with Crippen molar-refractivity contribution in [1.82, 2.24) is 0 Å². The van der Waals surface area contributed by atoms with E-state index in [-0.39, 0.29) is 18.4 Å². The number of hydrogen-bond acceptors (Lipinski definition) is 3. The van der Waals surface area contributed by atoms with Crippen molar-refractivity contribution in [3.05, 3.63) is 42.0 Å². The van der Waals surface area contributed by atoms with E-state index in [2.05, 4.69) is 10.2 Å². The molecule has 0 atom stereocenters. The number of rotatable bonds is 3. The summed E-state index contributed by atoms with van der Waals surface area (Å²) in [5.74, 6) is 0.647. The van der Waals surface area contributed by atoms with Gasteiger partial charge in [0.05, 0.1) is 13.3 Å². The quantitative estimate of drug-likeness (QED) is 0.510. The highest BCUT2D eigenvalue weighted by Gasteiger charge is 2.05. The van der Waals surface area contributed by atoms with Gasteiger partial charge in [0.15, 0.2) is 0 Å². The van der Waals surface area contributed by atoms with E-state index in [1.54, 1.807) is 13.3 Å². The summed E-state index contributed by atoms with van der Waals surface area (Å²) in [6.45, 7) is 0. The fraction of sp³-hybridized carbons (Fsp3) is 0.0769. The molecule has 6 heteroatoms. The summed E-state index contributed by atoms with van der Waals surface area (Å²) in [5.41, 5.74) is 11.3. The zero-order valence-corrected chi connectivity index (χ0v) is 11.2. The zero-order valence-electron chi connectivity index (χ0n) is 10.4. The first-order valence-electron chi connectivity index (χ1n) is 5.40. The molecule has 100 valence electrons. The Morgan fingerprint density at radius 3 is 2.58 bits per heavy atom. The van der Waals surface area contributed by atoms with Crippen LogP contribution >= 0.6 is 12.4 Å². The zero-order chi connectivity index (χ0) is 13.0. The Morgan fingerprint density at radius 1 is 1.16 bits per heavy atom. The predicted molar refractivity (Wildman–Crippen MR) is 81.2 cm³/mol. The summed E-state index contributed by atoms with van der Waals surface area (Å²) in [5, 5.41) is 9.56. The van der Waals surface area contributed by atoms with Crippen LogP contribution in [0.2, 0.25) is 0 Å². The van der Waals surface area contributed by atoms with E-state index in [9.17, 15) is 0 Å². The van der Waals surface area contributed by atoms with E-state index in [4.69, 9.17) is 16.2 Å². The molecule has 19 heavy (non-hydrogen) atoms. The fourth-order valence-electron chi connectivity index (χ4n) is 1.74. The summed E-state index contributed by atoms with van der Waals surface area (Å²) >= 11 is 0. The fourth-order valence-corrected chi connectivity index (χ4v) is 1.74. The first kappa shape index (κ1) is 14.8. The normalized spacial score (nSPS) is 10.2. The average Bonchev–Trinajstić information content (AvgIpc) is 2.38. The molecule has 4 N–H and O–H groups in total. The Hall–Kier alpha value is -2.27. The Balaban J connectivity index is 0.00000180. The monoisotopic (exact) mass is 278 g/mol. The molecule has 2 rings (SSSR count). The molecule has 0 saturated heterocycles. The Morgan fingerprint density at radius 2 is 1.89 bits per heavy atom. The van der Waals surface area contributed by atoms with Crippen LogP contribution in [-0.4, -0.2) is 19.3 Å². The highest BCUT2D eigenvalue weighted by molar-refractivity contribution is 6.02. The van der Waals surface area contributed by atoms with E-state index in [1.165, 1.54) is 0 Å². The van der Waals surface area contributed by atoms with Gasteiger partial charge in [-0.05, 0) is 16.8 Å². The molecular formula is C13H15ClN4O. The number of nitrogens with two attached hydrogens (primary N) is 2. The van der Waals surface area contributed by atoms with Gasteiger partial charge in [0.1, 0.15) is 5.75 Å². The summed E-state index contributed by atoms with van der Waals surface area (Å²) in [6.07, 6.45) is 1.58. The maximum Gasteiger partial charge on any atom is 0.211 e. The largest absolute Gasteiger partial charge is 0.496 e. The van der Waals surface area contributed by atoms with Crippen molar-refractivity contribution in [2.45, 2.75) is 0 Å². The molecular weight excluding hydrogens is 264 g/mol. The maximum absolute atomic E-state index is 5.31. The van der Waals surface area contributed by atoms with Crippen LogP contribution in [0.3, 0.4) is 0 Å². The lowest BCUT2D eigenvalue weighted by atomic mass is 10.0. The number of guanidine groups is 1. The van der Waals surface area contributed by atoms with Crippen molar-refractivity contribution < 1.29 is 4.74 Å². The molecule has 0 bridgehead atoms. The molecule has 0 fully saturated rings. The van der Waals surface area contributed by atoms with Crippen molar-refractivity contribution in [3.63, 3.8) is 0 Å². The molecule has 0 aliphatic carbocycles. The van der Waals surface area contributed by atoms with Gasteiger partial charge in [-0.3, -0.25) is 0 Å². The lowest BCUT2D eigenvalue weighted by Gasteiger charge is -2.07. The van der Waals surface area contributed by atoms with Gasteiger partial charge in [-0.2, -0.15) is 5.10 Å². The molecule has 0 aliphatic rings. The summed E-state index contributed by atoms with van der Waals surface area (Å²) < 4.78 is 5.31. The second kappa shape index (κ2) is 6.61. The van der Waals surface area contributed by atoms with Crippen molar-refractivity contribution in [2.24, 2.45) is 21.7 Å². The Bertz CT molecular complexity index is 621. The maximum atomic E-state index is 5.31. The van der Waals surface area contributed by atoms with Gasteiger partial charge in [-0.1, -0.05) is 30.3 Å². The first-order valence-corrected chi connectivity index (χ1v) is 5.40. The van der Waals surface area contributed by atoms with Crippen LogP contribution in [-0.2, 0) is 0 Å². The van der Waals surface area contributed by atoms with Gasteiger partial charge in [-0.25, -0.2) is 0 Å². The van der Waals surface area contributed by atoms with Crippen LogP contribution in [0.25, 0.3) is 10.8 Å². The van der Waals surface area contributed by atoms with Crippen molar-refractivity contribution in [2.75, 3.05) is 7.11 Å². The highest BCUT2D eigenvalue weighted by atomic mass is 35.5. The molecule has 0 unspecified atom stereocenters. The molecule has 2 aromatic rings. The smallest absolute Gasteiger partial charge is 0.211 e. The molecule has 0 aliphatic heterocycles. The van der Waals surface area contributed by atoms with Crippen molar-refractivity contribution >= 4 is 35.4 Å². The van der Waals surface area contributed by atoms with Crippen LogP contribution in [0.5, 0.6) is 5.75 Å². The second-order valence-corrected chi connectivity index (χ2v) is 3.67. The molecule has 0 radical (unpaired) electrons. The molecule has 0 spiro atoms. The Kier molecular flexibility index (Phi) is 5.14. The van der Waals surface area contributed by atoms with Gasteiger partial charge in [-0.15, -0.1) is 17.5 Å². The average molecular weight is 279 g/mol. The molecule has 0 saturated carbocycles. The van der Waals surface area contributed by atoms with Gasteiger partial charge >= 0.3 is 0 Å². The second-order valence-electron chi connectivity index (χ2n) is 3.67. The lowest BCUT2D eigenvalue weighted by Crippen LogP contribution is -2.21. The number of ether oxygens (including phenoxy) is 1. The van der Waals surface area contributed by atoms with Crippen LogP contribution in [0.1, 0.15) is 5.56 Å². The number of hydrogen-bond donors (Lipinski definition) is 2. The minimum Gasteiger partial charge on any atom is -0.496 e. The predicted octanol–water partition coefficient (Wildman–Crippen LogP) is 1.88. The number of fused-ring (bicyclic) bond motifs is 1. The first-order chi connectivity index (χ1) is 8.72. The van der Waals surface area contributed by atoms with E-state index in [0.717, 1.165) is 22.1 Å². The molecule has 2 aromatic carbocycles. The minimum atomic E-state index is -0.0783. The lowest BCUT2D eigenvalue weighted by molar-refractivity contribution is 0.415. The summed E-state index contributed by atoms with van der Waals surface area (Å²) in [4.78, 5) is 0. The van der Waals surface area contributed by atoms with Crippen LogP contribution in [0.4, 0.5) is 0 Å². The van der Waals surface area contributed by atoms with Crippen LogP contribution in [0.15, 0.2) is 46.6 Å². The third-order valence-electron chi connectivity index (χ3n) is 2.51. The van der Waals surface area contributed by atoms with Crippen LogP contribution in [0, 0.1) is 0 Å². The van der Waals surface area contributed by atoms with Gasteiger partial charge in [0.25, 0.3) is 0 Å². The number of halogens is 1. The van der Waals surface area contributed by atoms with Gasteiger partial charge in [0.2, 0.25) is 5.96 Å². The van der Waals surface area contributed by atoms with E-state index < -0.39 is 0 Å². The third-order valence-corrected chi connectivity index (χ3v) is 2.51. The van der Waals surface area contributed by atoms with Crippen molar-refractivity contribution in [3.8, 4) is 5.75 Å². The van der Waals surface area contributed by atoms with Crippen molar-refractivity contribution in [1.29, 1.82) is 0 Å². The van der Waals surface area contributed by atoms with Gasteiger partial charge < -0.3 is 16.2 Å². The molecule has 0 aromatic heterocycles. The molecule has 0 heterocycles. The molecule has 0 amide bonds. The number of nitrogens with zero attached hydrogens (tertiary/aromatic N) is 2. The van der Waals surface area contributed by atoms with Crippen LogP contribution < -0.4 is 16.2 Å². The standard InChI is InChI=1S/C13H14N4O.ClH/c1-18-12-7-6-9-4-2-3-5-10(9)11(12)8-16-17-13(14)15;/h2-8H,1H3,(H4,14,15,17);1H/b16-8+;. The summed E-state index contributed by atoms with van der Waals surface area (Å²) in [7, 11) is 1.61. The number of benzene rings is 2.